The number of hydrogen-bond acceptors (Lipinski definition) is 3. The van der Waals surface area contributed by atoms with Crippen LogP contribution in [0.4, 0.5) is 0 Å². The molecule has 1 aromatic carbocycles. The van der Waals surface area contributed by atoms with E-state index in [1.165, 1.54) is 10.5 Å². The third-order valence-corrected chi connectivity index (χ3v) is 4.52. The Hall–Kier alpha value is -2.31. The summed E-state index contributed by atoms with van der Waals surface area (Å²) in [6.07, 6.45) is 9.03. The van der Waals surface area contributed by atoms with Crippen molar-refractivity contribution in [3.63, 3.8) is 0 Å². The van der Waals surface area contributed by atoms with Crippen molar-refractivity contribution >= 4 is 22.9 Å². The van der Waals surface area contributed by atoms with Crippen LogP contribution in [-0.2, 0) is 0 Å². The van der Waals surface area contributed by atoms with Gasteiger partial charge >= 0.3 is 0 Å². The molecule has 0 saturated carbocycles. The summed E-state index contributed by atoms with van der Waals surface area (Å²) in [6.45, 7) is 0. The third-order valence-electron chi connectivity index (χ3n) is 3.64. The third kappa shape index (κ3) is 2.70. The molecular formula is C19H15N2S. The van der Waals surface area contributed by atoms with Crippen LogP contribution in [0.5, 0.6) is 0 Å². The van der Waals surface area contributed by atoms with Gasteiger partial charge in [-0.15, -0.1) is 11.8 Å². The second kappa shape index (κ2) is 6.64. The van der Waals surface area contributed by atoms with Gasteiger partial charge in [-0.3, -0.25) is 4.98 Å². The van der Waals surface area contributed by atoms with Gasteiger partial charge < -0.3 is 0 Å². The van der Waals surface area contributed by atoms with Crippen LogP contribution >= 0.6 is 11.8 Å². The van der Waals surface area contributed by atoms with E-state index in [4.69, 9.17) is 0 Å². The molecule has 0 bridgehead atoms. The van der Waals surface area contributed by atoms with Gasteiger partial charge in [0.2, 0.25) is 0 Å². The van der Waals surface area contributed by atoms with Crippen molar-refractivity contribution < 1.29 is 0 Å². The zero-order chi connectivity index (χ0) is 15.4. The largest absolute Gasteiger partial charge is 0.257 e. The molecule has 0 fully saturated rings. The van der Waals surface area contributed by atoms with E-state index in [-0.39, 0.29) is 0 Å². The molecule has 0 saturated heterocycles. The maximum absolute atomic E-state index is 9.37. The molecule has 3 heteroatoms. The fourth-order valence-electron chi connectivity index (χ4n) is 2.65. The fourth-order valence-corrected chi connectivity index (χ4v) is 3.48. The maximum Gasteiger partial charge on any atom is 0.0998 e. The summed E-state index contributed by atoms with van der Waals surface area (Å²) in [7, 11) is 0. The molecule has 1 aliphatic rings. The summed E-state index contributed by atoms with van der Waals surface area (Å²) in [6, 6.07) is 16.0. The molecule has 107 valence electrons. The number of benzene rings is 1. The van der Waals surface area contributed by atoms with Gasteiger partial charge in [0.1, 0.15) is 0 Å². The molecule has 1 radical (unpaired) electrons. The number of thioether (sulfide) groups is 1. The average Bonchev–Trinajstić information content (AvgIpc) is 2.61. The summed E-state index contributed by atoms with van der Waals surface area (Å²) in [5, 5.41) is 9.37. The standard InChI is InChI=1S/C19H15N2S/c1-22-19-16(15-8-3-2-7-14(15)13-20)9-6-10-17(19)18-11-4-5-12-21-18/h2-9,11-12H,10H2,1H3. The van der Waals surface area contributed by atoms with E-state index >= 15 is 0 Å². The number of aromatic nitrogens is 1. The minimum absolute atomic E-state index is 0.705. The highest BCUT2D eigenvalue weighted by Gasteiger charge is 2.20. The first-order valence-electron chi connectivity index (χ1n) is 7.07. The first kappa shape index (κ1) is 14.6. The van der Waals surface area contributed by atoms with Gasteiger partial charge in [-0.1, -0.05) is 30.3 Å². The smallest absolute Gasteiger partial charge is 0.0998 e. The predicted octanol–water partition coefficient (Wildman–Crippen LogP) is 4.72. The Bertz CT molecular complexity index is 783. The summed E-state index contributed by atoms with van der Waals surface area (Å²) >= 11 is 1.71. The molecule has 0 amide bonds. The Kier molecular flexibility index (Phi) is 4.41. The number of hydrogen-bond donors (Lipinski definition) is 0. The van der Waals surface area contributed by atoms with Gasteiger partial charge in [-0.05, 0) is 48.4 Å². The molecule has 2 nitrogen and oxygen atoms in total. The van der Waals surface area contributed by atoms with Crippen molar-refractivity contribution in [3.05, 3.63) is 82.9 Å². The number of allylic oxidation sites excluding steroid dienone is 3. The van der Waals surface area contributed by atoms with Crippen molar-refractivity contribution in [2.24, 2.45) is 0 Å². The van der Waals surface area contributed by atoms with Crippen molar-refractivity contribution in [3.8, 4) is 6.07 Å². The van der Waals surface area contributed by atoms with Crippen LogP contribution in [0.1, 0.15) is 23.2 Å². The minimum atomic E-state index is 0.705. The molecule has 3 rings (SSSR count). The molecule has 0 unspecified atom stereocenters. The van der Waals surface area contributed by atoms with Crippen LogP contribution in [0.3, 0.4) is 0 Å². The number of rotatable bonds is 3. The van der Waals surface area contributed by atoms with Crippen molar-refractivity contribution in [2.75, 3.05) is 6.26 Å². The number of nitrogens with zero attached hydrogens (tertiary/aromatic N) is 2. The van der Waals surface area contributed by atoms with E-state index in [1.54, 1.807) is 11.8 Å². The SMILES string of the molecule is CSC1=C(c2ccccn2)C[CH]C=C1c1ccccc1C#N. The lowest BCUT2D eigenvalue weighted by atomic mass is 9.90. The van der Waals surface area contributed by atoms with Gasteiger partial charge in [-0.2, -0.15) is 5.26 Å². The van der Waals surface area contributed by atoms with Crippen molar-refractivity contribution in [2.45, 2.75) is 6.42 Å². The van der Waals surface area contributed by atoms with Gasteiger partial charge in [0, 0.05) is 16.7 Å². The summed E-state index contributed by atoms with van der Waals surface area (Å²) in [4.78, 5) is 5.69. The van der Waals surface area contributed by atoms with Crippen LogP contribution in [0.2, 0.25) is 0 Å². The molecule has 22 heavy (non-hydrogen) atoms. The highest BCUT2D eigenvalue weighted by atomic mass is 32.2. The van der Waals surface area contributed by atoms with E-state index < -0.39 is 0 Å². The van der Waals surface area contributed by atoms with Crippen LogP contribution in [-0.4, -0.2) is 11.2 Å². The molecule has 0 N–H and O–H groups in total. The van der Waals surface area contributed by atoms with Crippen LogP contribution in [0.25, 0.3) is 11.1 Å². The zero-order valence-electron chi connectivity index (χ0n) is 12.3. The number of nitriles is 1. The quantitative estimate of drug-likeness (QED) is 0.823. The second-order valence-electron chi connectivity index (χ2n) is 4.90. The van der Waals surface area contributed by atoms with E-state index in [0.717, 1.165) is 23.3 Å². The minimum Gasteiger partial charge on any atom is -0.257 e. The van der Waals surface area contributed by atoms with Gasteiger partial charge in [0.25, 0.3) is 0 Å². The Balaban J connectivity index is 2.15. The van der Waals surface area contributed by atoms with Crippen LogP contribution in [0.15, 0.2) is 59.6 Å². The fraction of sp³-hybridized carbons (Fsp3) is 0.105. The zero-order valence-corrected chi connectivity index (χ0v) is 13.1. The topological polar surface area (TPSA) is 36.7 Å². The van der Waals surface area contributed by atoms with Crippen molar-refractivity contribution in [1.82, 2.24) is 4.98 Å². The van der Waals surface area contributed by atoms with Gasteiger partial charge in [-0.25, -0.2) is 0 Å². The molecule has 0 aliphatic heterocycles. The molecule has 2 aromatic rings. The van der Waals surface area contributed by atoms with Crippen LogP contribution < -0.4 is 0 Å². The second-order valence-corrected chi connectivity index (χ2v) is 5.72. The van der Waals surface area contributed by atoms with Gasteiger partial charge in [0.15, 0.2) is 0 Å². The average molecular weight is 303 g/mol. The monoisotopic (exact) mass is 303 g/mol. The Morgan fingerprint density at radius 3 is 2.68 bits per heavy atom. The lowest BCUT2D eigenvalue weighted by molar-refractivity contribution is 1.19. The normalized spacial score (nSPS) is 14.5. The Morgan fingerprint density at radius 2 is 1.95 bits per heavy atom. The molecule has 1 heterocycles. The van der Waals surface area contributed by atoms with Crippen molar-refractivity contribution in [1.29, 1.82) is 5.26 Å². The Labute approximate surface area is 135 Å². The summed E-state index contributed by atoms with van der Waals surface area (Å²) in [5.41, 5.74) is 5.02. The molecular weight excluding hydrogens is 288 g/mol. The van der Waals surface area contributed by atoms with E-state index in [0.29, 0.717) is 5.56 Å². The maximum atomic E-state index is 9.37. The number of pyridine rings is 1. The first-order chi connectivity index (χ1) is 10.8. The lowest BCUT2D eigenvalue weighted by Crippen LogP contribution is -2.02. The lowest BCUT2D eigenvalue weighted by Gasteiger charge is -2.21. The van der Waals surface area contributed by atoms with E-state index in [9.17, 15) is 5.26 Å². The summed E-state index contributed by atoms with van der Waals surface area (Å²) in [5.74, 6) is 0. The molecule has 1 aromatic heterocycles. The predicted molar refractivity (Wildman–Crippen MR) is 92.7 cm³/mol. The highest BCUT2D eigenvalue weighted by molar-refractivity contribution is 8.03. The molecule has 0 atom stereocenters. The van der Waals surface area contributed by atoms with E-state index in [1.807, 2.05) is 48.7 Å². The van der Waals surface area contributed by atoms with E-state index in [2.05, 4.69) is 29.8 Å². The first-order valence-corrected chi connectivity index (χ1v) is 8.29. The summed E-state index contributed by atoms with van der Waals surface area (Å²) < 4.78 is 0. The molecule has 0 spiro atoms. The molecule has 1 aliphatic carbocycles. The van der Waals surface area contributed by atoms with Crippen LogP contribution in [0, 0.1) is 17.8 Å². The highest BCUT2D eigenvalue weighted by Crippen LogP contribution is 2.42. The van der Waals surface area contributed by atoms with Gasteiger partial charge in [0.05, 0.1) is 17.3 Å². The Morgan fingerprint density at radius 1 is 1.14 bits per heavy atom.